The van der Waals surface area contributed by atoms with E-state index < -0.39 is 0 Å². The van der Waals surface area contributed by atoms with Crippen molar-refractivity contribution in [2.75, 3.05) is 0 Å². The summed E-state index contributed by atoms with van der Waals surface area (Å²) in [6, 6.07) is 1.88. The van der Waals surface area contributed by atoms with Gasteiger partial charge in [0, 0.05) is 11.9 Å². The summed E-state index contributed by atoms with van der Waals surface area (Å²) in [5.74, 6) is 0. The molecule has 0 aliphatic rings. The molecule has 0 unspecified atom stereocenters. The first-order valence-corrected chi connectivity index (χ1v) is 4.99. The van der Waals surface area contributed by atoms with Gasteiger partial charge in [-0.25, -0.2) is 4.98 Å². The minimum Gasteiger partial charge on any atom is -0.372 e. The summed E-state index contributed by atoms with van der Waals surface area (Å²) in [6.07, 6.45) is 1.81. The van der Waals surface area contributed by atoms with Gasteiger partial charge in [-0.1, -0.05) is 0 Å². The maximum absolute atomic E-state index is 11.5. The fourth-order valence-electron chi connectivity index (χ4n) is 1.13. The zero-order chi connectivity index (χ0) is 11.4. The predicted octanol–water partition coefficient (Wildman–Crippen LogP) is 0.405. The molecular weight excluding hydrogens is 214 g/mol. The van der Waals surface area contributed by atoms with Crippen LogP contribution < -0.4 is 11.3 Å². The maximum atomic E-state index is 11.5. The van der Waals surface area contributed by atoms with Crippen LogP contribution in [-0.2, 0) is 11.8 Å². The van der Waals surface area contributed by atoms with Crippen molar-refractivity contribution < 1.29 is 4.79 Å². The molecule has 0 bridgehead atoms. The quantitative estimate of drug-likeness (QED) is 0.659. The fraction of sp³-hybridized carbons (Fsp3) is 0.222. The molecule has 0 radical (unpaired) electrons. The summed E-state index contributed by atoms with van der Waals surface area (Å²) in [7, 11) is 1.71. The Morgan fingerprint density at radius 1 is 1.60 bits per heavy atom. The van der Waals surface area contributed by atoms with Crippen molar-refractivity contribution in [3.8, 4) is 0 Å². The molecule has 2 N–H and O–H groups in total. The van der Waals surface area contributed by atoms with Crippen molar-refractivity contribution in [3.05, 3.63) is 27.6 Å². The molecule has 2 heterocycles. The van der Waals surface area contributed by atoms with Crippen molar-refractivity contribution in [1.82, 2.24) is 9.55 Å². The van der Waals surface area contributed by atoms with E-state index >= 15 is 0 Å². The van der Waals surface area contributed by atoms with Crippen molar-refractivity contribution in [1.29, 1.82) is 0 Å². The molecule has 2 aromatic heterocycles. The summed E-state index contributed by atoms with van der Waals surface area (Å²) in [6.45, 7) is 1.98. The highest BCUT2D eigenvalue weighted by Gasteiger charge is 2.03. The number of carbonyl (C=O) groups is 1. The fourth-order valence-corrected chi connectivity index (χ4v) is 1.97. The smallest absolute Gasteiger partial charge is 0.261 e. The lowest BCUT2D eigenvalue weighted by Gasteiger charge is -1.93. The predicted molar refractivity (Wildman–Crippen MR) is 59.8 cm³/mol. The number of amides is 1. The molecule has 6 heteroatoms. The Bertz CT molecular complexity index is 530. The summed E-state index contributed by atoms with van der Waals surface area (Å²) >= 11 is 1.55. The van der Waals surface area contributed by atoms with Gasteiger partial charge in [-0.3, -0.25) is 9.59 Å². The Kier molecular flexibility index (Phi) is 3.56. The molecule has 1 amide bonds. The Hall–Kier alpha value is -1.69. The molecule has 0 fully saturated rings. The number of carbonyl (C=O) groups excluding carboxylic acids is 1. The van der Waals surface area contributed by atoms with Gasteiger partial charge in [0.2, 0.25) is 6.41 Å². The van der Waals surface area contributed by atoms with Gasteiger partial charge in [-0.15, -0.1) is 11.3 Å². The van der Waals surface area contributed by atoms with Gasteiger partial charge in [-0.05, 0) is 13.0 Å². The van der Waals surface area contributed by atoms with Gasteiger partial charge in [0.1, 0.15) is 4.83 Å². The van der Waals surface area contributed by atoms with Crippen LogP contribution in [0.5, 0.6) is 0 Å². The van der Waals surface area contributed by atoms with Crippen LogP contribution >= 0.6 is 11.3 Å². The topological polar surface area (TPSA) is 78.0 Å². The molecule has 0 saturated heterocycles. The van der Waals surface area contributed by atoms with Crippen LogP contribution in [0.25, 0.3) is 10.2 Å². The summed E-state index contributed by atoms with van der Waals surface area (Å²) < 4.78 is 1.49. The summed E-state index contributed by atoms with van der Waals surface area (Å²) in [5.41, 5.74) is 4.20. The third kappa shape index (κ3) is 2.41. The average molecular weight is 225 g/mol. The minimum absolute atomic E-state index is 0.0318. The lowest BCUT2D eigenvalue weighted by Crippen LogP contribution is -2.15. The number of nitrogens with zero attached hydrogens (tertiary/aromatic N) is 2. The maximum Gasteiger partial charge on any atom is 0.261 e. The zero-order valence-corrected chi connectivity index (χ0v) is 9.25. The van der Waals surface area contributed by atoms with E-state index in [4.69, 9.17) is 4.79 Å². The van der Waals surface area contributed by atoms with Gasteiger partial charge >= 0.3 is 0 Å². The van der Waals surface area contributed by atoms with Gasteiger partial charge in [0.15, 0.2) is 0 Å². The first-order valence-electron chi connectivity index (χ1n) is 4.17. The number of primary amides is 1. The molecule has 0 aliphatic carbocycles. The van der Waals surface area contributed by atoms with Crippen LogP contribution in [0.3, 0.4) is 0 Å². The lowest BCUT2D eigenvalue weighted by molar-refractivity contribution is -0.106. The third-order valence-corrected chi connectivity index (χ3v) is 2.69. The molecular formula is C9H11N3O2S. The van der Waals surface area contributed by atoms with Crippen LogP contribution in [-0.4, -0.2) is 16.0 Å². The molecule has 0 aliphatic heterocycles. The lowest BCUT2D eigenvalue weighted by atomic mass is 10.4. The molecule has 80 valence electrons. The minimum atomic E-state index is 0.0318. The Morgan fingerprint density at radius 2 is 2.20 bits per heavy atom. The number of rotatable bonds is 0. The first-order chi connectivity index (χ1) is 7.10. The Morgan fingerprint density at radius 3 is 2.80 bits per heavy atom. The second kappa shape index (κ2) is 4.70. The van der Waals surface area contributed by atoms with Gasteiger partial charge < -0.3 is 10.3 Å². The normalized spacial score (nSPS) is 9.47. The highest BCUT2D eigenvalue weighted by molar-refractivity contribution is 7.18. The largest absolute Gasteiger partial charge is 0.372 e. The van der Waals surface area contributed by atoms with Crippen LogP contribution in [0.4, 0.5) is 0 Å². The summed E-state index contributed by atoms with van der Waals surface area (Å²) in [5, 5.41) is 0.725. The SMILES string of the molecule is Cc1cc2c(=O)n(C)cnc2s1.NC=O. The van der Waals surface area contributed by atoms with Crippen molar-refractivity contribution >= 4 is 28.0 Å². The van der Waals surface area contributed by atoms with Gasteiger partial charge in [0.05, 0.1) is 11.7 Å². The number of fused-ring (bicyclic) bond motifs is 1. The third-order valence-electron chi connectivity index (χ3n) is 1.73. The highest BCUT2D eigenvalue weighted by Crippen LogP contribution is 2.18. The molecule has 15 heavy (non-hydrogen) atoms. The Balaban J connectivity index is 0.000000337. The number of hydrogen-bond acceptors (Lipinski definition) is 4. The number of aromatic nitrogens is 2. The summed E-state index contributed by atoms with van der Waals surface area (Å²) in [4.78, 5) is 26.2. The number of aryl methyl sites for hydroxylation is 2. The van der Waals surface area contributed by atoms with Gasteiger partial charge in [0.25, 0.3) is 5.56 Å². The van der Waals surface area contributed by atoms with Crippen molar-refractivity contribution in [2.24, 2.45) is 12.8 Å². The van der Waals surface area contributed by atoms with E-state index in [9.17, 15) is 4.79 Å². The van der Waals surface area contributed by atoms with Crippen LogP contribution in [0, 0.1) is 6.92 Å². The standard InChI is InChI=1S/C8H8N2OS.CH3NO/c1-5-3-6-7(12-5)9-4-10(2)8(6)11;2-1-3/h3-4H,1-2H3;1H,(H2,2,3). The molecule has 0 saturated carbocycles. The molecule has 0 atom stereocenters. The number of thiophene rings is 1. The van der Waals surface area contributed by atoms with E-state index in [1.54, 1.807) is 24.7 Å². The second-order valence-corrected chi connectivity index (χ2v) is 4.11. The van der Waals surface area contributed by atoms with E-state index in [1.165, 1.54) is 4.57 Å². The first kappa shape index (κ1) is 11.4. The van der Waals surface area contributed by atoms with E-state index in [2.05, 4.69) is 10.7 Å². The van der Waals surface area contributed by atoms with Crippen molar-refractivity contribution in [2.45, 2.75) is 6.92 Å². The molecule has 0 aromatic carbocycles. The van der Waals surface area contributed by atoms with Crippen LogP contribution in [0.2, 0.25) is 0 Å². The van der Waals surface area contributed by atoms with E-state index in [1.807, 2.05) is 13.0 Å². The van der Waals surface area contributed by atoms with Crippen LogP contribution in [0.15, 0.2) is 17.2 Å². The Labute approximate surface area is 90.2 Å². The monoisotopic (exact) mass is 225 g/mol. The zero-order valence-electron chi connectivity index (χ0n) is 8.43. The number of hydrogen-bond donors (Lipinski definition) is 1. The van der Waals surface area contributed by atoms with Gasteiger partial charge in [-0.2, -0.15) is 0 Å². The second-order valence-electron chi connectivity index (χ2n) is 2.87. The molecule has 2 aromatic rings. The van der Waals surface area contributed by atoms with Crippen molar-refractivity contribution in [3.63, 3.8) is 0 Å². The highest BCUT2D eigenvalue weighted by atomic mass is 32.1. The average Bonchev–Trinajstić information content (AvgIpc) is 2.55. The van der Waals surface area contributed by atoms with E-state index in [-0.39, 0.29) is 12.0 Å². The number of nitrogens with two attached hydrogens (primary N) is 1. The molecule has 5 nitrogen and oxygen atoms in total. The molecule has 0 spiro atoms. The van der Waals surface area contributed by atoms with Crippen LogP contribution in [0.1, 0.15) is 4.88 Å². The van der Waals surface area contributed by atoms with E-state index in [0.29, 0.717) is 0 Å². The van der Waals surface area contributed by atoms with E-state index in [0.717, 1.165) is 15.1 Å². The molecule has 2 rings (SSSR count).